The van der Waals surface area contributed by atoms with Crippen LogP contribution in [0.1, 0.15) is 34.3 Å². The average Bonchev–Trinajstić information content (AvgIpc) is 3.17. The maximum atomic E-state index is 14.5. The van der Waals surface area contributed by atoms with E-state index in [0.717, 1.165) is 22.4 Å². The number of hydrogen-bond donors (Lipinski definition) is 1. The maximum absolute atomic E-state index is 14.5. The molecule has 0 spiro atoms. The van der Waals surface area contributed by atoms with Gasteiger partial charge in [0.15, 0.2) is 5.69 Å². The summed E-state index contributed by atoms with van der Waals surface area (Å²) in [6.45, 7) is 3.52. The van der Waals surface area contributed by atoms with E-state index >= 15 is 0 Å². The molecule has 28 heavy (non-hydrogen) atoms. The van der Waals surface area contributed by atoms with Crippen molar-refractivity contribution >= 4 is 11.6 Å². The first-order valence-electron chi connectivity index (χ1n) is 8.41. The van der Waals surface area contributed by atoms with Crippen LogP contribution >= 0.6 is 0 Å². The van der Waals surface area contributed by atoms with Crippen LogP contribution < -0.4 is 5.32 Å². The second-order valence-corrected chi connectivity index (χ2v) is 6.23. The summed E-state index contributed by atoms with van der Waals surface area (Å²) in [6.07, 6.45) is -2.54. The lowest BCUT2D eigenvalue weighted by atomic mass is 10.1. The SMILES string of the molecule is CCc1coc(C)c1C(=O)Nc1ccc(-c2cc(C(F)(F)F)nn2C)c(F)c1. The Kier molecular flexibility index (Phi) is 5.01. The summed E-state index contributed by atoms with van der Waals surface area (Å²) >= 11 is 0. The van der Waals surface area contributed by atoms with Crippen LogP contribution in [0.5, 0.6) is 0 Å². The van der Waals surface area contributed by atoms with Gasteiger partial charge in [0, 0.05) is 23.9 Å². The number of nitrogens with zero attached hydrogens (tertiary/aromatic N) is 2. The fourth-order valence-corrected chi connectivity index (χ4v) is 2.92. The molecule has 3 rings (SSSR count). The third kappa shape index (κ3) is 3.64. The zero-order chi connectivity index (χ0) is 20.6. The number of rotatable bonds is 4. The molecule has 1 aromatic carbocycles. The van der Waals surface area contributed by atoms with Gasteiger partial charge in [-0.1, -0.05) is 6.92 Å². The Bertz CT molecular complexity index is 1030. The largest absolute Gasteiger partial charge is 0.468 e. The number of hydrogen-bond acceptors (Lipinski definition) is 3. The van der Waals surface area contributed by atoms with Crippen molar-refractivity contribution in [3.63, 3.8) is 0 Å². The summed E-state index contributed by atoms with van der Waals surface area (Å²) in [5, 5.41) is 5.96. The molecule has 1 amide bonds. The maximum Gasteiger partial charge on any atom is 0.435 e. The van der Waals surface area contributed by atoms with E-state index in [1.807, 2.05) is 6.92 Å². The van der Waals surface area contributed by atoms with Crippen LogP contribution in [0.25, 0.3) is 11.3 Å². The number of aromatic nitrogens is 2. The van der Waals surface area contributed by atoms with Crippen molar-refractivity contribution in [3.8, 4) is 11.3 Å². The normalized spacial score (nSPS) is 11.7. The minimum atomic E-state index is -4.63. The molecule has 9 heteroatoms. The van der Waals surface area contributed by atoms with Gasteiger partial charge in [0.1, 0.15) is 11.6 Å². The quantitative estimate of drug-likeness (QED) is 0.635. The molecule has 2 aromatic heterocycles. The van der Waals surface area contributed by atoms with E-state index in [0.29, 0.717) is 17.7 Å². The van der Waals surface area contributed by atoms with Gasteiger partial charge < -0.3 is 9.73 Å². The van der Waals surface area contributed by atoms with E-state index in [9.17, 15) is 22.4 Å². The molecule has 0 aliphatic carbocycles. The summed E-state index contributed by atoms with van der Waals surface area (Å²) in [6, 6.07) is 4.54. The molecule has 0 saturated carbocycles. The third-order valence-corrected chi connectivity index (χ3v) is 4.33. The van der Waals surface area contributed by atoms with Crippen molar-refractivity contribution in [1.82, 2.24) is 9.78 Å². The molecule has 148 valence electrons. The van der Waals surface area contributed by atoms with Crippen LogP contribution in [0.15, 0.2) is 34.9 Å². The predicted octanol–water partition coefficient (Wildman–Crippen LogP) is 4.96. The van der Waals surface area contributed by atoms with Gasteiger partial charge in [0.05, 0.1) is 17.5 Å². The van der Waals surface area contributed by atoms with Gasteiger partial charge in [-0.3, -0.25) is 9.48 Å². The number of nitrogens with one attached hydrogen (secondary N) is 1. The minimum Gasteiger partial charge on any atom is -0.468 e. The molecule has 0 unspecified atom stereocenters. The van der Waals surface area contributed by atoms with Gasteiger partial charge in [0.2, 0.25) is 0 Å². The molecular weight excluding hydrogens is 378 g/mol. The molecule has 3 aromatic rings. The smallest absolute Gasteiger partial charge is 0.435 e. The van der Waals surface area contributed by atoms with Gasteiger partial charge in [-0.2, -0.15) is 18.3 Å². The Hall–Kier alpha value is -3.10. The van der Waals surface area contributed by atoms with Gasteiger partial charge in [-0.05, 0) is 37.6 Å². The number of carbonyl (C=O) groups excluding carboxylic acids is 1. The lowest BCUT2D eigenvalue weighted by Crippen LogP contribution is -2.14. The summed E-state index contributed by atoms with van der Waals surface area (Å²) in [5.41, 5.74) is 0.0883. The third-order valence-electron chi connectivity index (χ3n) is 4.33. The number of alkyl halides is 3. The van der Waals surface area contributed by atoms with E-state index in [1.165, 1.54) is 25.4 Å². The first kappa shape index (κ1) is 19.7. The zero-order valence-corrected chi connectivity index (χ0v) is 15.3. The molecule has 0 aliphatic rings. The summed E-state index contributed by atoms with van der Waals surface area (Å²) in [5.74, 6) is -0.787. The van der Waals surface area contributed by atoms with E-state index in [1.54, 1.807) is 6.92 Å². The van der Waals surface area contributed by atoms with Gasteiger partial charge in [0.25, 0.3) is 5.91 Å². The molecule has 0 aliphatic heterocycles. The van der Waals surface area contributed by atoms with Gasteiger partial charge in [-0.25, -0.2) is 4.39 Å². The van der Waals surface area contributed by atoms with Crippen LogP contribution in [-0.4, -0.2) is 15.7 Å². The van der Waals surface area contributed by atoms with Crippen LogP contribution in [0, 0.1) is 12.7 Å². The average molecular weight is 395 g/mol. The summed E-state index contributed by atoms with van der Waals surface area (Å²) in [7, 11) is 1.30. The predicted molar refractivity (Wildman–Crippen MR) is 94.4 cm³/mol. The number of benzene rings is 1. The second-order valence-electron chi connectivity index (χ2n) is 6.23. The molecule has 0 radical (unpaired) electrons. The molecule has 0 saturated heterocycles. The van der Waals surface area contributed by atoms with Crippen molar-refractivity contribution < 1.29 is 26.8 Å². The fraction of sp³-hybridized carbons (Fsp3) is 0.263. The zero-order valence-electron chi connectivity index (χ0n) is 15.3. The summed E-state index contributed by atoms with van der Waals surface area (Å²) < 4.78 is 59.2. The van der Waals surface area contributed by atoms with Crippen LogP contribution in [0.4, 0.5) is 23.2 Å². The molecule has 0 bridgehead atoms. The number of carbonyl (C=O) groups is 1. The standard InChI is InChI=1S/C19H17F4N3O2/c1-4-11-9-28-10(2)17(11)18(27)24-12-5-6-13(14(20)7-12)15-8-16(19(21,22)23)25-26(15)3/h5-9H,4H2,1-3H3,(H,24,27). The number of furan rings is 1. The highest BCUT2D eigenvalue weighted by Gasteiger charge is 2.35. The van der Waals surface area contributed by atoms with Crippen molar-refractivity contribution in [3.05, 3.63) is 58.9 Å². The van der Waals surface area contributed by atoms with Crippen molar-refractivity contribution in [2.45, 2.75) is 26.4 Å². The number of anilines is 1. The monoisotopic (exact) mass is 395 g/mol. The first-order chi connectivity index (χ1) is 13.1. The molecule has 0 fully saturated rings. The van der Waals surface area contributed by atoms with E-state index in [-0.39, 0.29) is 16.9 Å². The molecule has 5 nitrogen and oxygen atoms in total. The van der Waals surface area contributed by atoms with Gasteiger partial charge >= 0.3 is 6.18 Å². The summed E-state index contributed by atoms with van der Waals surface area (Å²) in [4.78, 5) is 12.5. The first-order valence-corrected chi connectivity index (χ1v) is 8.41. The van der Waals surface area contributed by atoms with Crippen molar-refractivity contribution in [2.75, 3.05) is 5.32 Å². The molecule has 1 N–H and O–H groups in total. The molecule has 0 atom stereocenters. The van der Waals surface area contributed by atoms with Crippen LogP contribution in [0.3, 0.4) is 0 Å². The Balaban J connectivity index is 1.88. The Morgan fingerprint density at radius 2 is 2.00 bits per heavy atom. The number of aryl methyl sites for hydroxylation is 3. The van der Waals surface area contributed by atoms with E-state index < -0.39 is 23.6 Å². The van der Waals surface area contributed by atoms with Crippen LogP contribution in [0.2, 0.25) is 0 Å². The second kappa shape index (κ2) is 7.14. The Labute approximate surface area is 158 Å². The Morgan fingerprint density at radius 3 is 2.57 bits per heavy atom. The minimum absolute atomic E-state index is 0.0263. The number of amides is 1. The highest BCUT2D eigenvalue weighted by atomic mass is 19.4. The Morgan fingerprint density at radius 1 is 1.29 bits per heavy atom. The van der Waals surface area contributed by atoms with E-state index in [2.05, 4.69) is 10.4 Å². The van der Waals surface area contributed by atoms with E-state index in [4.69, 9.17) is 4.42 Å². The van der Waals surface area contributed by atoms with Crippen molar-refractivity contribution in [2.24, 2.45) is 7.05 Å². The highest BCUT2D eigenvalue weighted by molar-refractivity contribution is 6.06. The fourth-order valence-electron chi connectivity index (χ4n) is 2.92. The van der Waals surface area contributed by atoms with Crippen LogP contribution in [-0.2, 0) is 19.6 Å². The number of halogens is 4. The van der Waals surface area contributed by atoms with Gasteiger partial charge in [-0.15, -0.1) is 0 Å². The lowest BCUT2D eigenvalue weighted by molar-refractivity contribution is -0.141. The molecular formula is C19H17F4N3O2. The van der Waals surface area contributed by atoms with Crippen molar-refractivity contribution in [1.29, 1.82) is 0 Å². The highest BCUT2D eigenvalue weighted by Crippen LogP contribution is 2.33. The lowest BCUT2D eigenvalue weighted by Gasteiger charge is -2.09. The topological polar surface area (TPSA) is 60.1 Å². The molecule has 2 heterocycles.